The number of nitrogens with zero attached hydrogens (tertiary/aromatic N) is 3. The Morgan fingerprint density at radius 3 is 2.50 bits per heavy atom. The van der Waals surface area contributed by atoms with Crippen LogP contribution in [-0.4, -0.2) is 41.0 Å². The van der Waals surface area contributed by atoms with Gasteiger partial charge in [-0.3, -0.25) is 9.59 Å². The van der Waals surface area contributed by atoms with Gasteiger partial charge in [-0.25, -0.2) is 9.97 Å². The summed E-state index contributed by atoms with van der Waals surface area (Å²) in [7, 11) is 3.63. The minimum absolute atomic E-state index is 0.130. The lowest BCUT2D eigenvalue weighted by Crippen LogP contribution is -2.17. The number of carboxylic acids is 1. The number of hydrogen-bond acceptors (Lipinski definition) is 5. The van der Waals surface area contributed by atoms with Crippen LogP contribution in [0.15, 0.2) is 54.7 Å². The SMILES string of the molecule is CN(C)c1nc(Cc2ccc(NC(=O)c3cccc(Cl)c3)cc2)ncc1CC(=O)O. The van der Waals surface area contributed by atoms with Gasteiger partial charge >= 0.3 is 5.97 Å². The van der Waals surface area contributed by atoms with E-state index >= 15 is 0 Å². The predicted octanol–water partition coefficient (Wildman–Crippen LogP) is 3.67. The summed E-state index contributed by atoms with van der Waals surface area (Å²) < 4.78 is 0. The third-order valence-electron chi connectivity index (χ3n) is 4.32. The van der Waals surface area contributed by atoms with E-state index in [0.29, 0.717) is 39.9 Å². The summed E-state index contributed by atoms with van der Waals surface area (Å²) in [5.74, 6) is 0.0134. The molecule has 7 nitrogen and oxygen atoms in total. The summed E-state index contributed by atoms with van der Waals surface area (Å²) in [6.45, 7) is 0. The molecule has 2 N–H and O–H groups in total. The number of benzene rings is 2. The van der Waals surface area contributed by atoms with Gasteiger partial charge in [0.25, 0.3) is 5.91 Å². The first kappa shape index (κ1) is 21.3. The molecule has 0 aliphatic rings. The van der Waals surface area contributed by atoms with Gasteiger partial charge in [-0.05, 0) is 35.9 Å². The molecule has 0 unspecified atom stereocenters. The van der Waals surface area contributed by atoms with Crippen LogP contribution in [0.4, 0.5) is 11.5 Å². The molecule has 154 valence electrons. The maximum absolute atomic E-state index is 12.3. The van der Waals surface area contributed by atoms with Crippen molar-refractivity contribution in [3.63, 3.8) is 0 Å². The third-order valence-corrected chi connectivity index (χ3v) is 4.55. The van der Waals surface area contributed by atoms with Crippen LogP contribution in [0.2, 0.25) is 5.02 Å². The van der Waals surface area contributed by atoms with Gasteiger partial charge < -0.3 is 15.3 Å². The zero-order valence-electron chi connectivity index (χ0n) is 16.6. The first-order valence-corrected chi connectivity index (χ1v) is 9.59. The lowest BCUT2D eigenvalue weighted by atomic mass is 10.1. The molecular formula is C22H21ClN4O3. The molecule has 0 bridgehead atoms. The average molecular weight is 425 g/mol. The van der Waals surface area contributed by atoms with Crippen molar-refractivity contribution in [3.05, 3.63) is 82.3 Å². The number of hydrogen-bond donors (Lipinski definition) is 2. The van der Waals surface area contributed by atoms with Crippen molar-refractivity contribution in [2.24, 2.45) is 0 Å². The van der Waals surface area contributed by atoms with Crippen LogP contribution < -0.4 is 10.2 Å². The monoisotopic (exact) mass is 424 g/mol. The van der Waals surface area contributed by atoms with Crippen molar-refractivity contribution < 1.29 is 14.7 Å². The van der Waals surface area contributed by atoms with Gasteiger partial charge in [0, 0.05) is 48.5 Å². The predicted molar refractivity (Wildman–Crippen MR) is 116 cm³/mol. The molecule has 30 heavy (non-hydrogen) atoms. The standard InChI is InChI=1S/C22H21ClN4O3/c1-27(2)21-16(12-20(28)29)13-24-19(26-21)10-14-6-8-18(9-7-14)25-22(30)15-4-3-5-17(23)11-15/h3-9,11,13H,10,12H2,1-2H3,(H,25,30)(H,28,29). The molecule has 1 aromatic heterocycles. The Morgan fingerprint density at radius 1 is 1.13 bits per heavy atom. The molecule has 0 saturated heterocycles. The molecule has 0 atom stereocenters. The number of aliphatic carboxylic acids is 1. The molecule has 8 heteroatoms. The Kier molecular flexibility index (Phi) is 6.64. The highest BCUT2D eigenvalue weighted by Crippen LogP contribution is 2.19. The third kappa shape index (κ3) is 5.55. The fraction of sp³-hybridized carbons (Fsp3) is 0.182. The number of anilines is 2. The van der Waals surface area contributed by atoms with Gasteiger partial charge in [0.05, 0.1) is 6.42 Å². The molecule has 0 radical (unpaired) electrons. The second-order valence-electron chi connectivity index (χ2n) is 6.94. The summed E-state index contributed by atoms with van der Waals surface area (Å²) in [6, 6.07) is 14.1. The van der Waals surface area contributed by atoms with Gasteiger partial charge in [0.15, 0.2) is 0 Å². The molecule has 1 heterocycles. The van der Waals surface area contributed by atoms with E-state index in [9.17, 15) is 9.59 Å². The lowest BCUT2D eigenvalue weighted by Gasteiger charge is -2.16. The normalized spacial score (nSPS) is 10.5. The lowest BCUT2D eigenvalue weighted by molar-refractivity contribution is -0.136. The van der Waals surface area contributed by atoms with Crippen molar-refractivity contribution in [3.8, 4) is 0 Å². The summed E-state index contributed by atoms with van der Waals surface area (Å²) >= 11 is 5.93. The molecule has 3 aromatic rings. The molecule has 0 fully saturated rings. The number of rotatable bonds is 7. The minimum Gasteiger partial charge on any atom is -0.481 e. The summed E-state index contributed by atoms with van der Waals surface area (Å²) in [5, 5.41) is 12.4. The first-order valence-electron chi connectivity index (χ1n) is 9.21. The van der Waals surface area contributed by atoms with Gasteiger partial charge in [-0.2, -0.15) is 0 Å². The van der Waals surface area contributed by atoms with Crippen LogP contribution >= 0.6 is 11.6 Å². The van der Waals surface area contributed by atoms with E-state index < -0.39 is 5.97 Å². The highest BCUT2D eigenvalue weighted by molar-refractivity contribution is 6.31. The average Bonchev–Trinajstić information content (AvgIpc) is 2.70. The number of amides is 1. The summed E-state index contributed by atoms with van der Waals surface area (Å²) in [6.07, 6.45) is 1.91. The molecule has 0 spiro atoms. The summed E-state index contributed by atoms with van der Waals surface area (Å²) in [4.78, 5) is 33.9. The van der Waals surface area contributed by atoms with Crippen LogP contribution in [0.3, 0.4) is 0 Å². The van der Waals surface area contributed by atoms with E-state index in [0.717, 1.165) is 5.56 Å². The van der Waals surface area contributed by atoms with E-state index in [1.54, 1.807) is 35.4 Å². The van der Waals surface area contributed by atoms with Crippen molar-refractivity contribution in [1.82, 2.24) is 9.97 Å². The highest BCUT2D eigenvalue weighted by Gasteiger charge is 2.13. The van der Waals surface area contributed by atoms with Crippen molar-refractivity contribution in [2.75, 3.05) is 24.3 Å². The second-order valence-corrected chi connectivity index (χ2v) is 7.37. The van der Waals surface area contributed by atoms with Crippen LogP contribution in [0.25, 0.3) is 0 Å². The van der Waals surface area contributed by atoms with Crippen molar-refractivity contribution >= 4 is 35.0 Å². The zero-order valence-corrected chi connectivity index (χ0v) is 17.3. The minimum atomic E-state index is -0.926. The number of carbonyl (C=O) groups is 2. The molecule has 3 rings (SSSR count). The fourth-order valence-electron chi connectivity index (χ4n) is 2.91. The van der Waals surface area contributed by atoms with Gasteiger partial charge in [-0.15, -0.1) is 0 Å². The molecule has 2 aromatic carbocycles. The number of nitrogens with one attached hydrogen (secondary N) is 1. The Morgan fingerprint density at radius 2 is 1.87 bits per heavy atom. The van der Waals surface area contributed by atoms with E-state index in [1.165, 1.54) is 0 Å². The molecular weight excluding hydrogens is 404 g/mol. The summed E-state index contributed by atoms with van der Waals surface area (Å²) in [5.41, 5.74) is 2.68. The Labute approximate surface area is 179 Å². The number of carboxylic acid groups (broad SMARTS) is 1. The van der Waals surface area contributed by atoms with E-state index in [1.807, 2.05) is 38.4 Å². The van der Waals surface area contributed by atoms with Crippen LogP contribution in [0.1, 0.15) is 27.3 Å². The topological polar surface area (TPSA) is 95.4 Å². The highest BCUT2D eigenvalue weighted by atomic mass is 35.5. The molecule has 1 amide bonds. The van der Waals surface area contributed by atoms with Crippen LogP contribution in [0.5, 0.6) is 0 Å². The molecule has 0 aliphatic heterocycles. The van der Waals surface area contributed by atoms with E-state index in [4.69, 9.17) is 16.7 Å². The Hall–Kier alpha value is -3.45. The van der Waals surface area contributed by atoms with Crippen molar-refractivity contribution in [1.29, 1.82) is 0 Å². The van der Waals surface area contributed by atoms with Gasteiger partial charge in [0.2, 0.25) is 0 Å². The first-order chi connectivity index (χ1) is 14.3. The maximum Gasteiger partial charge on any atom is 0.308 e. The van der Waals surface area contributed by atoms with Crippen LogP contribution in [-0.2, 0) is 17.6 Å². The Balaban J connectivity index is 1.70. The number of halogens is 1. The van der Waals surface area contributed by atoms with Crippen LogP contribution in [0, 0.1) is 0 Å². The Bertz CT molecular complexity index is 1070. The number of carbonyl (C=O) groups excluding carboxylic acids is 1. The van der Waals surface area contributed by atoms with E-state index in [2.05, 4.69) is 15.3 Å². The maximum atomic E-state index is 12.3. The quantitative estimate of drug-likeness (QED) is 0.600. The second kappa shape index (κ2) is 9.37. The van der Waals surface area contributed by atoms with Gasteiger partial charge in [0.1, 0.15) is 11.6 Å². The largest absolute Gasteiger partial charge is 0.481 e. The van der Waals surface area contributed by atoms with E-state index in [-0.39, 0.29) is 12.3 Å². The van der Waals surface area contributed by atoms with Crippen molar-refractivity contribution in [2.45, 2.75) is 12.8 Å². The smallest absolute Gasteiger partial charge is 0.308 e. The van der Waals surface area contributed by atoms with Gasteiger partial charge in [-0.1, -0.05) is 29.8 Å². The zero-order chi connectivity index (χ0) is 21.7. The molecule has 0 aliphatic carbocycles. The fourth-order valence-corrected chi connectivity index (χ4v) is 3.10. The number of aromatic nitrogens is 2. The molecule has 0 saturated carbocycles.